The highest BCUT2D eigenvalue weighted by molar-refractivity contribution is 5.71. The quantitative estimate of drug-likeness (QED) is 0.802. The molecule has 108 valence electrons. The van der Waals surface area contributed by atoms with Gasteiger partial charge in [-0.15, -0.1) is 0 Å². The molecule has 3 fully saturated rings. The van der Waals surface area contributed by atoms with Gasteiger partial charge in [0.05, 0.1) is 5.92 Å². The highest BCUT2D eigenvalue weighted by atomic mass is 16.4. The summed E-state index contributed by atoms with van der Waals surface area (Å²) >= 11 is 0. The fourth-order valence-electron chi connectivity index (χ4n) is 3.65. The summed E-state index contributed by atoms with van der Waals surface area (Å²) in [5.41, 5.74) is 0. The summed E-state index contributed by atoms with van der Waals surface area (Å²) in [4.78, 5) is 14.1. The fraction of sp³-hybridized carbons (Fsp3) is 0.938. The lowest BCUT2D eigenvalue weighted by Crippen LogP contribution is -2.48. The maximum Gasteiger partial charge on any atom is 0.308 e. The number of aliphatic carboxylic acids is 1. The number of carboxylic acids is 1. The summed E-state index contributed by atoms with van der Waals surface area (Å²) in [5.74, 6) is 1.75. The van der Waals surface area contributed by atoms with Crippen molar-refractivity contribution in [1.82, 2.24) is 4.90 Å². The van der Waals surface area contributed by atoms with Crippen LogP contribution in [-0.2, 0) is 4.79 Å². The second-order valence-corrected chi connectivity index (χ2v) is 7.27. The number of hydrogen-bond donors (Lipinski definition) is 1. The molecule has 19 heavy (non-hydrogen) atoms. The Labute approximate surface area is 116 Å². The molecule has 0 aliphatic heterocycles. The van der Waals surface area contributed by atoms with Gasteiger partial charge in [-0.2, -0.15) is 0 Å². The summed E-state index contributed by atoms with van der Waals surface area (Å²) < 4.78 is 0. The minimum absolute atomic E-state index is 0.117. The highest BCUT2D eigenvalue weighted by Crippen LogP contribution is 2.39. The van der Waals surface area contributed by atoms with Crippen LogP contribution in [0.25, 0.3) is 0 Å². The van der Waals surface area contributed by atoms with Crippen LogP contribution in [0.3, 0.4) is 0 Å². The molecule has 3 atom stereocenters. The van der Waals surface area contributed by atoms with Gasteiger partial charge >= 0.3 is 5.97 Å². The van der Waals surface area contributed by atoms with Gasteiger partial charge in [0, 0.05) is 19.1 Å². The third kappa shape index (κ3) is 3.50. The number of carbonyl (C=O) groups is 1. The Morgan fingerprint density at radius 1 is 1.05 bits per heavy atom. The van der Waals surface area contributed by atoms with E-state index in [-0.39, 0.29) is 5.92 Å². The lowest BCUT2D eigenvalue weighted by Gasteiger charge is -2.40. The second-order valence-electron chi connectivity index (χ2n) is 7.27. The first-order chi connectivity index (χ1) is 9.13. The fourth-order valence-corrected chi connectivity index (χ4v) is 3.65. The Balaban J connectivity index is 1.69. The smallest absolute Gasteiger partial charge is 0.308 e. The van der Waals surface area contributed by atoms with Gasteiger partial charge in [0.2, 0.25) is 0 Å². The maximum atomic E-state index is 11.6. The normalized spacial score (nSPS) is 35.6. The lowest BCUT2D eigenvalue weighted by molar-refractivity contribution is -0.146. The monoisotopic (exact) mass is 265 g/mol. The average molecular weight is 265 g/mol. The van der Waals surface area contributed by atoms with Crippen molar-refractivity contribution in [3.8, 4) is 0 Å². The van der Waals surface area contributed by atoms with Crippen molar-refractivity contribution in [2.24, 2.45) is 23.7 Å². The molecule has 0 heterocycles. The number of hydrogen-bond acceptors (Lipinski definition) is 2. The summed E-state index contributed by atoms with van der Waals surface area (Å²) in [6.45, 7) is 4.62. The Kier molecular flexibility index (Phi) is 3.84. The van der Waals surface area contributed by atoms with Crippen LogP contribution in [0.4, 0.5) is 0 Å². The van der Waals surface area contributed by atoms with Gasteiger partial charge < -0.3 is 5.11 Å². The van der Waals surface area contributed by atoms with E-state index in [2.05, 4.69) is 11.8 Å². The van der Waals surface area contributed by atoms with Gasteiger partial charge in [0.15, 0.2) is 0 Å². The minimum Gasteiger partial charge on any atom is -0.481 e. The Hall–Kier alpha value is -0.570. The first kappa shape index (κ1) is 13.4. The van der Waals surface area contributed by atoms with Crippen LogP contribution in [0.2, 0.25) is 0 Å². The Morgan fingerprint density at radius 3 is 2.11 bits per heavy atom. The molecule has 3 saturated carbocycles. The zero-order chi connectivity index (χ0) is 13.4. The third-order valence-electron chi connectivity index (χ3n) is 5.24. The van der Waals surface area contributed by atoms with Crippen LogP contribution in [0, 0.1) is 23.7 Å². The standard InChI is InChI=1S/C16H27NO2/c1-11-2-7-14(16(18)19)15(8-11)17(9-12-3-4-12)10-13-5-6-13/h11-15H,2-10H2,1H3,(H,18,19). The van der Waals surface area contributed by atoms with Crippen molar-refractivity contribution in [1.29, 1.82) is 0 Å². The van der Waals surface area contributed by atoms with Crippen molar-refractivity contribution < 1.29 is 9.90 Å². The van der Waals surface area contributed by atoms with E-state index in [0.29, 0.717) is 12.0 Å². The van der Waals surface area contributed by atoms with Crippen LogP contribution in [-0.4, -0.2) is 35.1 Å². The molecular weight excluding hydrogens is 238 g/mol. The van der Waals surface area contributed by atoms with Crippen LogP contribution in [0.5, 0.6) is 0 Å². The van der Waals surface area contributed by atoms with E-state index in [1.54, 1.807) is 0 Å². The molecule has 3 aliphatic rings. The summed E-state index contributed by atoms with van der Waals surface area (Å²) in [5, 5.41) is 9.52. The molecule has 0 amide bonds. The third-order valence-corrected chi connectivity index (χ3v) is 5.24. The Bertz CT molecular complexity index is 322. The molecule has 0 aromatic carbocycles. The van der Waals surface area contributed by atoms with Gasteiger partial charge in [-0.3, -0.25) is 9.69 Å². The largest absolute Gasteiger partial charge is 0.481 e. The molecular formula is C16H27NO2. The van der Waals surface area contributed by atoms with E-state index < -0.39 is 5.97 Å². The molecule has 1 N–H and O–H groups in total. The van der Waals surface area contributed by atoms with E-state index >= 15 is 0 Å². The summed E-state index contributed by atoms with van der Waals surface area (Å²) in [6.07, 6.45) is 8.52. The maximum absolute atomic E-state index is 11.6. The SMILES string of the molecule is CC1CCC(C(=O)O)C(N(CC2CC2)CC2CC2)C1. The van der Waals surface area contributed by atoms with E-state index in [9.17, 15) is 9.90 Å². The molecule has 3 nitrogen and oxygen atoms in total. The minimum atomic E-state index is -0.562. The van der Waals surface area contributed by atoms with E-state index in [1.807, 2.05) is 0 Å². The predicted octanol–water partition coefficient (Wildman–Crippen LogP) is 3.00. The molecule has 3 aliphatic carbocycles. The second kappa shape index (κ2) is 5.43. The predicted molar refractivity (Wildman–Crippen MR) is 74.9 cm³/mol. The molecule has 0 spiro atoms. The molecule has 3 heteroatoms. The summed E-state index contributed by atoms with van der Waals surface area (Å²) in [7, 11) is 0. The number of rotatable bonds is 6. The topological polar surface area (TPSA) is 40.5 Å². The molecule has 3 rings (SSSR count). The number of nitrogens with zero attached hydrogens (tertiary/aromatic N) is 1. The molecule has 3 unspecified atom stereocenters. The van der Waals surface area contributed by atoms with Crippen LogP contribution in [0.1, 0.15) is 51.9 Å². The van der Waals surface area contributed by atoms with Crippen LogP contribution in [0.15, 0.2) is 0 Å². The molecule has 0 radical (unpaired) electrons. The van der Waals surface area contributed by atoms with Gasteiger partial charge in [-0.25, -0.2) is 0 Å². The van der Waals surface area contributed by atoms with Crippen molar-refractivity contribution >= 4 is 5.97 Å². The van der Waals surface area contributed by atoms with Gasteiger partial charge in [-0.1, -0.05) is 6.92 Å². The van der Waals surface area contributed by atoms with E-state index in [0.717, 1.165) is 44.2 Å². The zero-order valence-corrected chi connectivity index (χ0v) is 12.1. The van der Waals surface area contributed by atoms with Gasteiger partial charge in [-0.05, 0) is 62.7 Å². The van der Waals surface area contributed by atoms with Crippen LogP contribution >= 0.6 is 0 Å². The molecule has 0 bridgehead atoms. The van der Waals surface area contributed by atoms with Crippen molar-refractivity contribution in [3.05, 3.63) is 0 Å². The average Bonchev–Trinajstić information content (AvgIpc) is 3.22. The van der Waals surface area contributed by atoms with Crippen molar-refractivity contribution in [3.63, 3.8) is 0 Å². The molecule has 0 saturated heterocycles. The summed E-state index contributed by atoms with van der Waals surface area (Å²) in [6, 6.07) is 0.308. The first-order valence-corrected chi connectivity index (χ1v) is 8.10. The van der Waals surface area contributed by atoms with Crippen LogP contribution < -0.4 is 0 Å². The van der Waals surface area contributed by atoms with E-state index in [4.69, 9.17) is 0 Å². The molecule has 0 aromatic heterocycles. The zero-order valence-electron chi connectivity index (χ0n) is 12.1. The van der Waals surface area contributed by atoms with E-state index in [1.165, 1.54) is 25.7 Å². The number of carboxylic acid groups (broad SMARTS) is 1. The molecule has 0 aromatic rings. The highest BCUT2D eigenvalue weighted by Gasteiger charge is 2.40. The van der Waals surface area contributed by atoms with Gasteiger partial charge in [0.25, 0.3) is 0 Å². The lowest BCUT2D eigenvalue weighted by atomic mass is 9.78. The first-order valence-electron chi connectivity index (χ1n) is 8.10. The van der Waals surface area contributed by atoms with Crippen molar-refractivity contribution in [2.75, 3.05) is 13.1 Å². The Morgan fingerprint density at radius 2 is 1.63 bits per heavy atom. The van der Waals surface area contributed by atoms with Gasteiger partial charge in [0.1, 0.15) is 0 Å². The van der Waals surface area contributed by atoms with Crippen molar-refractivity contribution in [2.45, 2.75) is 57.9 Å².